The van der Waals surface area contributed by atoms with Gasteiger partial charge in [0.15, 0.2) is 16.6 Å². The average Bonchev–Trinajstić information content (AvgIpc) is 3.07. The van der Waals surface area contributed by atoms with Crippen molar-refractivity contribution in [3.05, 3.63) is 47.5 Å². The average molecular weight is 447 g/mol. The van der Waals surface area contributed by atoms with Crippen molar-refractivity contribution < 1.29 is 14.3 Å². The molecule has 158 valence electrons. The number of ether oxygens (including phenoxy) is 2. The van der Waals surface area contributed by atoms with E-state index in [1.165, 1.54) is 0 Å². The second kappa shape index (κ2) is 9.51. The Balaban J connectivity index is 1.27. The molecule has 0 radical (unpaired) electrons. The first-order valence-electron chi connectivity index (χ1n) is 9.81. The maximum atomic E-state index is 12.4. The first kappa shape index (κ1) is 20.7. The Bertz CT molecular complexity index is 942. The molecular formula is C21H23ClN4O3S. The Kier molecular flexibility index (Phi) is 6.56. The van der Waals surface area contributed by atoms with Crippen LogP contribution in [0, 0.1) is 0 Å². The summed E-state index contributed by atoms with van der Waals surface area (Å²) in [5.41, 5.74) is 1.50. The molecule has 0 saturated carbocycles. The van der Waals surface area contributed by atoms with E-state index in [0.717, 1.165) is 49.8 Å². The highest BCUT2D eigenvalue weighted by atomic mass is 35.5. The van der Waals surface area contributed by atoms with Gasteiger partial charge in [0.2, 0.25) is 12.7 Å². The van der Waals surface area contributed by atoms with Crippen LogP contribution in [0.15, 0.2) is 42.5 Å². The molecule has 0 spiro atoms. The lowest BCUT2D eigenvalue weighted by atomic mass is 10.3. The van der Waals surface area contributed by atoms with Gasteiger partial charge in [-0.3, -0.25) is 9.69 Å². The first-order valence-corrected chi connectivity index (χ1v) is 10.6. The highest BCUT2D eigenvalue weighted by Crippen LogP contribution is 2.34. The zero-order valence-corrected chi connectivity index (χ0v) is 18.0. The molecule has 2 aromatic rings. The summed E-state index contributed by atoms with van der Waals surface area (Å²) in [5.74, 6) is 1.39. The minimum Gasteiger partial charge on any atom is -0.454 e. The number of anilines is 2. The molecule has 0 aliphatic carbocycles. The lowest BCUT2D eigenvalue weighted by Gasteiger charge is -2.24. The van der Waals surface area contributed by atoms with E-state index >= 15 is 0 Å². The lowest BCUT2D eigenvalue weighted by Crippen LogP contribution is -2.39. The van der Waals surface area contributed by atoms with Crippen molar-refractivity contribution >= 4 is 46.2 Å². The summed E-state index contributed by atoms with van der Waals surface area (Å²) in [6, 6.07) is 12.9. The summed E-state index contributed by atoms with van der Waals surface area (Å²) >= 11 is 11.7. The van der Waals surface area contributed by atoms with E-state index in [-0.39, 0.29) is 12.7 Å². The van der Waals surface area contributed by atoms with Gasteiger partial charge in [0.05, 0.1) is 17.3 Å². The Morgan fingerprint density at radius 2 is 1.87 bits per heavy atom. The van der Waals surface area contributed by atoms with Crippen LogP contribution in [-0.4, -0.2) is 60.3 Å². The molecule has 2 aromatic carbocycles. The summed E-state index contributed by atoms with van der Waals surface area (Å²) in [6.45, 7) is 3.73. The summed E-state index contributed by atoms with van der Waals surface area (Å²) in [7, 11) is 0. The van der Waals surface area contributed by atoms with Gasteiger partial charge in [0.1, 0.15) is 0 Å². The number of benzene rings is 2. The molecule has 2 N–H and O–H groups in total. The van der Waals surface area contributed by atoms with Crippen molar-refractivity contribution in [3.8, 4) is 11.5 Å². The number of para-hydroxylation sites is 1. The molecule has 0 bridgehead atoms. The molecule has 1 amide bonds. The van der Waals surface area contributed by atoms with Crippen LogP contribution in [0.3, 0.4) is 0 Å². The smallest absolute Gasteiger partial charge is 0.238 e. The number of hydrogen-bond donors (Lipinski definition) is 2. The Hall–Kier alpha value is -2.55. The molecule has 0 atom stereocenters. The fraction of sp³-hybridized carbons (Fsp3) is 0.333. The van der Waals surface area contributed by atoms with Gasteiger partial charge in [-0.1, -0.05) is 23.7 Å². The lowest BCUT2D eigenvalue weighted by molar-refractivity contribution is -0.117. The van der Waals surface area contributed by atoms with E-state index in [9.17, 15) is 4.79 Å². The normalized spacial score (nSPS) is 16.1. The first-order chi connectivity index (χ1) is 14.6. The Labute approximate surface area is 185 Å². The molecule has 7 nitrogen and oxygen atoms in total. The van der Waals surface area contributed by atoms with E-state index in [0.29, 0.717) is 22.4 Å². The molecule has 30 heavy (non-hydrogen) atoms. The third-order valence-electron chi connectivity index (χ3n) is 5.01. The maximum absolute atomic E-state index is 12.4. The largest absolute Gasteiger partial charge is 0.454 e. The van der Waals surface area contributed by atoms with Crippen LogP contribution < -0.4 is 20.1 Å². The van der Waals surface area contributed by atoms with Crippen molar-refractivity contribution in [1.29, 1.82) is 0 Å². The van der Waals surface area contributed by atoms with E-state index < -0.39 is 0 Å². The highest BCUT2D eigenvalue weighted by Gasteiger charge is 2.20. The fourth-order valence-electron chi connectivity index (χ4n) is 3.46. The second-order valence-electron chi connectivity index (χ2n) is 7.14. The molecule has 1 fully saturated rings. The van der Waals surface area contributed by atoms with E-state index in [1.807, 2.05) is 30.3 Å². The van der Waals surface area contributed by atoms with E-state index in [4.69, 9.17) is 33.3 Å². The minimum atomic E-state index is -0.0717. The van der Waals surface area contributed by atoms with E-state index in [2.05, 4.69) is 20.4 Å². The highest BCUT2D eigenvalue weighted by molar-refractivity contribution is 7.80. The van der Waals surface area contributed by atoms with Crippen LogP contribution in [-0.2, 0) is 4.79 Å². The quantitative estimate of drug-likeness (QED) is 0.697. The van der Waals surface area contributed by atoms with Crippen LogP contribution in [0.4, 0.5) is 11.4 Å². The van der Waals surface area contributed by atoms with Crippen molar-refractivity contribution in [1.82, 2.24) is 9.80 Å². The zero-order chi connectivity index (χ0) is 20.9. The standard InChI is InChI=1S/C21H23ClN4O3S/c22-16-4-1-2-5-17(16)24-20(27)13-25-8-3-9-26(11-10-25)21(30)23-15-6-7-18-19(12-15)29-14-28-18/h1-2,4-7,12H,3,8-11,13-14H2,(H,23,30)(H,24,27). The monoisotopic (exact) mass is 446 g/mol. The van der Waals surface area contributed by atoms with Crippen molar-refractivity contribution in [2.45, 2.75) is 6.42 Å². The van der Waals surface area contributed by atoms with Crippen LogP contribution >= 0.6 is 23.8 Å². The number of hydrogen-bond acceptors (Lipinski definition) is 5. The van der Waals surface area contributed by atoms with Crippen molar-refractivity contribution in [2.24, 2.45) is 0 Å². The van der Waals surface area contributed by atoms with Gasteiger partial charge < -0.3 is 25.0 Å². The number of halogens is 1. The Morgan fingerprint density at radius 1 is 1.03 bits per heavy atom. The number of rotatable bonds is 4. The number of carbonyl (C=O) groups excluding carboxylic acids is 1. The fourth-order valence-corrected chi connectivity index (χ4v) is 3.95. The van der Waals surface area contributed by atoms with Gasteiger partial charge >= 0.3 is 0 Å². The number of nitrogens with one attached hydrogen (secondary N) is 2. The minimum absolute atomic E-state index is 0.0717. The van der Waals surface area contributed by atoms with Crippen LogP contribution in [0.2, 0.25) is 5.02 Å². The van der Waals surface area contributed by atoms with Gasteiger partial charge in [-0.2, -0.15) is 0 Å². The molecule has 2 aliphatic heterocycles. The summed E-state index contributed by atoms with van der Waals surface area (Å²) < 4.78 is 10.8. The van der Waals surface area contributed by atoms with Gasteiger partial charge in [-0.15, -0.1) is 0 Å². The molecule has 2 aliphatic rings. The maximum Gasteiger partial charge on any atom is 0.238 e. The predicted molar refractivity (Wildman–Crippen MR) is 121 cm³/mol. The van der Waals surface area contributed by atoms with Gasteiger partial charge in [-0.05, 0) is 42.9 Å². The number of thiocarbonyl (C=S) groups is 1. The SMILES string of the molecule is O=C(CN1CCCN(C(=S)Nc2ccc3c(c2)OCO3)CC1)Nc1ccccc1Cl. The second-order valence-corrected chi connectivity index (χ2v) is 7.94. The molecule has 4 rings (SSSR count). The van der Waals surface area contributed by atoms with Crippen LogP contribution in [0.5, 0.6) is 11.5 Å². The third kappa shape index (κ3) is 5.13. The number of amides is 1. The van der Waals surface area contributed by atoms with E-state index in [1.54, 1.807) is 12.1 Å². The summed E-state index contributed by atoms with van der Waals surface area (Å²) in [4.78, 5) is 16.7. The zero-order valence-electron chi connectivity index (χ0n) is 16.4. The number of nitrogens with zero attached hydrogens (tertiary/aromatic N) is 2. The van der Waals surface area contributed by atoms with Crippen molar-refractivity contribution in [2.75, 3.05) is 50.2 Å². The molecular weight excluding hydrogens is 424 g/mol. The van der Waals surface area contributed by atoms with Crippen LogP contribution in [0.1, 0.15) is 6.42 Å². The molecule has 1 saturated heterocycles. The molecule has 0 unspecified atom stereocenters. The summed E-state index contributed by atoms with van der Waals surface area (Å²) in [6.07, 6.45) is 0.919. The topological polar surface area (TPSA) is 66.1 Å². The van der Waals surface area contributed by atoms with Gasteiger partial charge in [0.25, 0.3) is 0 Å². The van der Waals surface area contributed by atoms with Gasteiger partial charge in [-0.25, -0.2) is 0 Å². The molecule has 2 heterocycles. The third-order valence-corrected chi connectivity index (χ3v) is 5.70. The molecule has 0 aromatic heterocycles. The van der Waals surface area contributed by atoms with Crippen LogP contribution in [0.25, 0.3) is 0 Å². The number of fused-ring (bicyclic) bond motifs is 1. The Morgan fingerprint density at radius 3 is 2.73 bits per heavy atom. The van der Waals surface area contributed by atoms with Gasteiger partial charge in [0, 0.05) is 37.9 Å². The molecule has 9 heteroatoms. The summed E-state index contributed by atoms with van der Waals surface area (Å²) in [5, 5.41) is 7.35. The number of carbonyl (C=O) groups is 1. The predicted octanol–water partition coefficient (Wildman–Crippen LogP) is 3.41. The van der Waals surface area contributed by atoms with Crippen molar-refractivity contribution in [3.63, 3.8) is 0 Å².